The van der Waals surface area contributed by atoms with E-state index >= 15 is 0 Å². The van der Waals surface area contributed by atoms with E-state index in [1.807, 2.05) is 4.90 Å². The fraction of sp³-hybridized carbons (Fsp3) is 0.471. The molecule has 25 heavy (non-hydrogen) atoms. The van der Waals surface area contributed by atoms with Crippen LogP contribution in [0.5, 0.6) is 0 Å². The molecule has 3 fully saturated rings. The van der Waals surface area contributed by atoms with E-state index in [0.29, 0.717) is 17.7 Å². The molecular formula is C17H17FN4O3. The highest BCUT2D eigenvalue weighted by molar-refractivity contribution is 5.92. The van der Waals surface area contributed by atoms with Crippen molar-refractivity contribution >= 4 is 22.8 Å². The van der Waals surface area contributed by atoms with Crippen molar-refractivity contribution in [3.05, 3.63) is 33.9 Å². The summed E-state index contributed by atoms with van der Waals surface area (Å²) in [5.41, 5.74) is -0.637. The second kappa shape index (κ2) is 4.78. The molecular weight excluding hydrogens is 327 g/mol. The van der Waals surface area contributed by atoms with Crippen LogP contribution in [-0.4, -0.2) is 57.7 Å². The van der Waals surface area contributed by atoms with Gasteiger partial charge in [0.15, 0.2) is 11.6 Å². The quantitative estimate of drug-likeness (QED) is 0.840. The summed E-state index contributed by atoms with van der Waals surface area (Å²) in [5, 5.41) is 9.30. The van der Waals surface area contributed by atoms with Crippen LogP contribution in [0.3, 0.4) is 0 Å². The molecule has 5 rings (SSSR count). The number of hydrogen-bond acceptors (Lipinski definition) is 5. The van der Waals surface area contributed by atoms with Gasteiger partial charge in [0.1, 0.15) is 11.2 Å². The number of likely N-dealkylation sites (N-methyl/N-ethyl adjacent to an activating group) is 1. The second-order valence-electron chi connectivity index (χ2n) is 7.19. The fourth-order valence-electron chi connectivity index (χ4n) is 3.92. The lowest BCUT2D eigenvalue weighted by molar-refractivity contribution is 0.0695. The molecule has 7 nitrogen and oxygen atoms in total. The van der Waals surface area contributed by atoms with Gasteiger partial charge in [-0.15, -0.1) is 0 Å². The minimum Gasteiger partial charge on any atom is -0.477 e. The van der Waals surface area contributed by atoms with Gasteiger partial charge in [-0.2, -0.15) is 0 Å². The zero-order valence-corrected chi connectivity index (χ0v) is 13.6. The summed E-state index contributed by atoms with van der Waals surface area (Å²) >= 11 is 0. The Balaban J connectivity index is 1.68. The summed E-state index contributed by atoms with van der Waals surface area (Å²) in [6.07, 6.45) is 3.17. The number of pyridine rings is 2. The van der Waals surface area contributed by atoms with E-state index in [2.05, 4.69) is 16.9 Å². The summed E-state index contributed by atoms with van der Waals surface area (Å²) in [6, 6.07) is 2.16. The van der Waals surface area contributed by atoms with Gasteiger partial charge in [-0.25, -0.2) is 14.2 Å². The van der Waals surface area contributed by atoms with Crippen LogP contribution in [0.15, 0.2) is 17.1 Å². The van der Waals surface area contributed by atoms with Crippen molar-refractivity contribution in [2.45, 2.75) is 31.0 Å². The van der Waals surface area contributed by atoms with E-state index in [1.165, 1.54) is 6.20 Å². The number of carboxylic acids is 1. The van der Waals surface area contributed by atoms with Crippen LogP contribution in [0.25, 0.3) is 11.0 Å². The van der Waals surface area contributed by atoms with Gasteiger partial charge in [0.2, 0.25) is 5.43 Å². The van der Waals surface area contributed by atoms with Crippen molar-refractivity contribution in [2.75, 3.05) is 25.0 Å². The Hall–Kier alpha value is -2.48. The van der Waals surface area contributed by atoms with Crippen molar-refractivity contribution in [2.24, 2.45) is 0 Å². The van der Waals surface area contributed by atoms with Crippen molar-refractivity contribution in [1.82, 2.24) is 14.5 Å². The Morgan fingerprint density at radius 3 is 2.60 bits per heavy atom. The van der Waals surface area contributed by atoms with Gasteiger partial charge < -0.3 is 14.6 Å². The molecule has 1 aliphatic carbocycles. The van der Waals surface area contributed by atoms with Crippen LogP contribution in [-0.2, 0) is 0 Å². The van der Waals surface area contributed by atoms with E-state index in [4.69, 9.17) is 0 Å². The molecule has 0 bridgehead atoms. The van der Waals surface area contributed by atoms with Gasteiger partial charge in [-0.3, -0.25) is 9.69 Å². The number of anilines is 1. The standard InChI is InChI=1S/C17H17FN4O3/c1-20-12-6-21(7-13(12)20)16-11(18)4-9-14(23)10(17(24)25)5-22(8-2-3-8)15(9)19-16/h4-5,8,12-13H,2-3,6-7H2,1H3,(H,24,25). The average molecular weight is 344 g/mol. The Morgan fingerprint density at radius 2 is 2.00 bits per heavy atom. The smallest absolute Gasteiger partial charge is 0.341 e. The molecule has 0 radical (unpaired) electrons. The zero-order chi connectivity index (χ0) is 17.5. The van der Waals surface area contributed by atoms with Gasteiger partial charge in [0, 0.05) is 37.4 Å². The first-order valence-corrected chi connectivity index (χ1v) is 8.41. The number of aromatic nitrogens is 2. The van der Waals surface area contributed by atoms with E-state index in [1.54, 1.807) is 4.57 Å². The monoisotopic (exact) mass is 344 g/mol. The molecule has 0 amide bonds. The van der Waals surface area contributed by atoms with Crippen LogP contribution in [0.4, 0.5) is 10.2 Å². The van der Waals surface area contributed by atoms with Crippen LogP contribution in [0, 0.1) is 5.82 Å². The number of halogens is 1. The molecule has 3 aliphatic rings. The summed E-state index contributed by atoms with van der Waals surface area (Å²) < 4.78 is 16.4. The summed E-state index contributed by atoms with van der Waals surface area (Å²) in [6.45, 7) is 1.44. The number of piperazine rings is 1. The highest BCUT2D eigenvalue weighted by Crippen LogP contribution is 2.39. The van der Waals surface area contributed by atoms with Crippen LogP contribution in [0.2, 0.25) is 0 Å². The molecule has 4 heterocycles. The van der Waals surface area contributed by atoms with Gasteiger partial charge in [-0.05, 0) is 26.0 Å². The largest absolute Gasteiger partial charge is 0.477 e. The third-order valence-corrected chi connectivity index (χ3v) is 5.63. The van der Waals surface area contributed by atoms with Gasteiger partial charge in [0.05, 0.1) is 5.39 Å². The highest BCUT2D eigenvalue weighted by atomic mass is 19.1. The third-order valence-electron chi connectivity index (χ3n) is 5.63. The molecule has 1 N–H and O–H groups in total. The van der Waals surface area contributed by atoms with Crippen LogP contribution < -0.4 is 10.3 Å². The first kappa shape index (κ1) is 14.8. The maximum absolute atomic E-state index is 14.7. The second-order valence-corrected chi connectivity index (χ2v) is 7.19. The van der Waals surface area contributed by atoms with Gasteiger partial charge in [0.25, 0.3) is 0 Å². The molecule has 0 spiro atoms. The molecule has 2 aromatic heterocycles. The normalized spacial score (nSPS) is 27.6. The minimum absolute atomic E-state index is 0.0366. The maximum atomic E-state index is 14.7. The van der Waals surface area contributed by atoms with Crippen LogP contribution in [0.1, 0.15) is 29.2 Å². The number of hydrogen-bond donors (Lipinski definition) is 1. The van der Waals surface area contributed by atoms with Crippen molar-refractivity contribution in [3.8, 4) is 0 Å². The average Bonchev–Trinajstić information content (AvgIpc) is 3.46. The molecule has 2 aliphatic heterocycles. The molecule has 2 atom stereocenters. The lowest BCUT2D eigenvalue weighted by Crippen LogP contribution is -2.30. The number of rotatable bonds is 3. The van der Waals surface area contributed by atoms with Crippen LogP contribution >= 0.6 is 0 Å². The summed E-state index contributed by atoms with van der Waals surface area (Å²) in [7, 11) is 2.05. The topological polar surface area (TPSA) is 78.4 Å². The Bertz CT molecular complexity index is 972. The van der Waals surface area contributed by atoms with Gasteiger partial charge in [-0.1, -0.05) is 0 Å². The maximum Gasteiger partial charge on any atom is 0.341 e. The highest BCUT2D eigenvalue weighted by Gasteiger charge is 2.51. The summed E-state index contributed by atoms with van der Waals surface area (Å²) in [4.78, 5) is 32.4. The van der Waals surface area contributed by atoms with E-state index in [0.717, 1.165) is 32.0 Å². The predicted molar refractivity (Wildman–Crippen MR) is 88.7 cm³/mol. The molecule has 2 unspecified atom stereocenters. The lowest BCUT2D eigenvalue weighted by atomic mass is 10.2. The van der Waals surface area contributed by atoms with E-state index < -0.39 is 17.2 Å². The van der Waals surface area contributed by atoms with Gasteiger partial charge >= 0.3 is 5.97 Å². The van der Waals surface area contributed by atoms with E-state index in [9.17, 15) is 19.1 Å². The minimum atomic E-state index is -1.30. The molecule has 2 aromatic rings. The van der Waals surface area contributed by atoms with Crippen molar-refractivity contribution in [1.29, 1.82) is 0 Å². The molecule has 130 valence electrons. The fourth-order valence-corrected chi connectivity index (χ4v) is 3.92. The number of carbonyl (C=O) groups is 1. The van der Waals surface area contributed by atoms with E-state index in [-0.39, 0.29) is 22.8 Å². The Morgan fingerprint density at radius 1 is 1.32 bits per heavy atom. The van der Waals surface area contributed by atoms with Crippen molar-refractivity contribution in [3.63, 3.8) is 0 Å². The first-order chi connectivity index (χ1) is 12.0. The number of fused-ring (bicyclic) bond motifs is 2. The number of aromatic carboxylic acids is 1. The Kier molecular flexibility index (Phi) is 2.84. The first-order valence-electron chi connectivity index (χ1n) is 8.41. The molecule has 0 aromatic carbocycles. The Labute approximate surface area is 142 Å². The van der Waals surface area contributed by atoms with Crippen molar-refractivity contribution < 1.29 is 14.3 Å². The number of carboxylic acid groups (broad SMARTS) is 1. The third kappa shape index (κ3) is 2.10. The molecule has 1 saturated carbocycles. The summed E-state index contributed by atoms with van der Waals surface area (Å²) in [5.74, 6) is -1.61. The molecule has 8 heteroatoms. The molecule has 2 saturated heterocycles. The number of nitrogens with zero attached hydrogens (tertiary/aromatic N) is 4. The predicted octanol–water partition coefficient (Wildman–Crippen LogP) is 1.07. The zero-order valence-electron chi connectivity index (χ0n) is 13.6. The SMILES string of the molecule is CN1C2CN(c3nc4c(cc3F)c(=O)c(C(=O)O)cn4C3CC3)CC21. The lowest BCUT2D eigenvalue weighted by Gasteiger charge is -2.22.